The van der Waals surface area contributed by atoms with E-state index in [1.54, 1.807) is 6.07 Å². The first kappa shape index (κ1) is 17.9. The Bertz CT molecular complexity index is 529. The number of aromatic nitrogens is 1. The number of sulfonamides is 1. The van der Waals surface area contributed by atoms with E-state index in [1.807, 2.05) is 13.8 Å². The maximum absolute atomic E-state index is 11.9. The Morgan fingerprint density at radius 2 is 1.90 bits per heavy atom. The number of pyridine rings is 1. The fraction of sp³-hybridized carbons (Fsp3) is 0.643. The summed E-state index contributed by atoms with van der Waals surface area (Å²) in [6.07, 6.45) is 3.07. The molecular weight excluding hydrogens is 290 g/mol. The van der Waals surface area contributed by atoms with Crippen molar-refractivity contribution in [1.29, 1.82) is 0 Å². The molecule has 0 amide bonds. The number of nitrogens with zero attached hydrogens (tertiary/aromatic N) is 2. The second-order valence-corrected chi connectivity index (χ2v) is 7.54. The van der Waals surface area contributed by atoms with Crippen molar-refractivity contribution >= 4 is 15.8 Å². The first-order valence-corrected chi connectivity index (χ1v) is 8.48. The van der Waals surface area contributed by atoms with Gasteiger partial charge in [0, 0.05) is 32.3 Å². The largest absolute Gasteiger partial charge is 0.396 e. The standard InChI is InChI=1S/C14H25N3O3S/c1-5-14(6-2,11-18)10-16-13-8-7-12(9-15-13)21(19,20)17(3)4/h7-9,18H,5-6,10-11H2,1-4H3,(H,15,16). The van der Waals surface area contributed by atoms with Gasteiger partial charge < -0.3 is 10.4 Å². The van der Waals surface area contributed by atoms with E-state index in [9.17, 15) is 13.5 Å². The second-order valence-electron chi connectivity index (χ2n) is 5.39. The quantitative estimate of drug-likeness (QED) is 0.760. The van der Waals surface area contributed by atoms with Crippen LogP contribution in [0.5, 0.6) is 0 Å². The molecule has 0 bridgehead atoms. The third kappa shape index (κ3) is 4.15. The molecule has 2 N–H and O–H groups in total. The molecular formula is C14H25N3O3S. The summed E-state index contributed by atoms with van der Waals surface area (Å²) in [5.41, 5.74) is -0.171. The van der Waals surface area contributed by atoms with Crippen LogP contribution in [-0.2, 0) is 10.0 Å². The fourth-order valence-electron chi connectivity index (χ4n) is 1.91. The zero-order chi connectivity index (χ0) is 16.1. The topological polar surface area (TPSA) is 82.5 Å². The summed E-state index contributed by atoms with van der Waals surface area (Å²) in [5, 5.41) is 12.7. The Hall–Kier alpha value is -1.18. The molecule has 7 heteroatoms. The molecule has 0 saturated carbocycles. The Morgan fingerprint density at radius 1 is 1.29 bits per heavy atom. The van der Waals surface area contributed by atoms with E-state index in [0.717, 1.165) is 17.1 Å². The van der Waals surface area contributed by atoms with Crippen molar-refractivity contribution in [2.75, 3.05) is 32.6 Å². The van der Waals surface area contributed by atoms with Crippen LogP contribution >= 0.6 is 0 Å². The third-order valence-electron chi connectivity index (χ3n) is 3.99. The smallest absolute Gasteiger partial charge is 0.244 e. The normalized spacial score (nSPS) is 12.7. The summed E-state index contributed by atoms with van der Waals surface area (Å²) in [4.78, 5) is 4.30. The van der Waals surface area contributed by atoms with Crippen molar-refractivity contribution < 1.29 is 13.5 Å². The van der Waals surface area contributed by atoms with Gasteiger partial charge in [-0.05, 0) is 25.0 Å². The van der Waals surface area contributed by atoms with Crippen molar-refractivity contribution in [3.63, 3.8) is 0 Å². The molecule has 0 unspecified atom stereocenters. The van der Waals surface area contributed by atoms with Gasteiger partial charge in [0.1, 0.15) is 10.7 Å². The van der Waals surface area contributed by atoms with Crippen LogP contribution < -0.4 is 5.32 Å². The highest BCUT2D eigenvalue weighted by molar-refractivity contribution is 7.89. The SMILES string of the molecule is CCC(CC)(CO)CNc1ccc(S(=O)(=O)N(C)C)cn1. The Balaban J connectivity index is 2.81. The molecule has 0 saturated heterocycles. The van der Waals surface area contributed by atoms with E-state index >= 15 is 0 Å². The third-order valence-corrected chi connectivity index (χ3v) is 5.79. The van der Waals surface area contributed by atoms with E-state index in [2.05, 4.69) is 10.3 Å². The van der Waals surface area contributed by atoms with Gasteiger partial charge in [0.15, 0.2) is 0 Å². The molecule has 0 aliphatic rings. The maximum atomic E-state index is 11.9. The lowest BCUT2D eigenvalue weighted by Crippen LogP contribution is -2.32. The Morgan fingerprint density at radius 3 is 2.29 bits per heavy atom. The van der Waals surface area contributed by atoms with E-state index in [-0.39, 0.29) is 16.9 Å². The highest BCUT2D eigenvalue weighted by atomic mass is 32.2. The van der Waals surface area contributed by atoms with Gasteiger partial charge >= 0.3 is 0 Å². The number of aliphatic hydroxyl groups is 1. The van der Waals surface area contributed by atoms with Crippen LogP contribution in [0.25, 0.3) is 0 Å². The van der Waals surface area contributed by atoms with Crippen molar-refractivity contribution in [2.24, 2.45) is 5.41 Å². The van der Waals surface area contributed by atoms with Gasteiger partial charge in [-0.2, -0.15) is 0 Å². The lowest BCUT2D eigenvalue weighted by atomic mass is 9.83. The van der Waals surface area contributed by atoms with Crippen LogP contribution in [0.2, 0.25) is 0 Å². The zero-order valence-electron chi connectivity index (χ0n) is 13.1. The van der Waals surface area contributed by atoms with Crippen molar-refractivity contribution in [1.82, 2.24) is 9.29 Å². The molecule has 120 valence electrons. The van der Waals surface area contributed by atoms with Crippen LogP contribution in [0.4, 0.5) is 5.82 Å². The number of hydrogen-bond donors (Lipinski definition) is 2. The fourth-order valence-corrected chi connectivity index (χ4v) is 2.75. The predicted octanol–water partition coefficient (Wildman–Crippen LogP) is 1.54. The predicted molar refractivity (Wildman–Crippen MR) is 83.7 cm³/mol. The van der Waals surface area contributed by atoms with Gasteiger partial charge in [0.05, 0.1) is 6.61 Å². The summed E-state index contributed by atoms with van der Waals surface area (Å²) in [6, 6.07) is 3.17. The molecule has 0 aromatic carbocycles. The summed E-state index contributed by atoms with van der Waals surface area (Å²) in [6.45, 7) is 4.80. The van der Waals surface area contributed by atoms with Gasteiger partial charge in [-0.3, -0.25) is 0 Å². The average Bonchev–Trinajstić information content (AvgIpc) is 2.49. The van der Waals surface area contributed by atoms with Gasteiger partial charge in [0.25, 0.3) is 0 Å². The lowest BCUT2D eigenvalue weighted by Gasteiger charge is -2.29. The minimum atomic E-state index is -3.45. The molecule has 0 radical (unpaired) electrons. The van der Waals surface area contributed by atoms with Crippen LogP contribution in [0.1, 0.15) is 26.7 Å². The van der Waals surface area contributed by atoms with Crippen LogP contribution in [-0.4, -0.2) is 50.1 Å². The van der Waals surface area contributed by atoms with Crippen molar-refractivity contribution in [3.05, 3.63) is 18.3 Å². The molecule has 0 fully saturated rings. The minimum Gasteiger partial charge on any atom is -0.396 e. The van der Waals surface area contributed by atoms with E-state index < -0.39 is 10.0 Å². The van der Waals surface area contributed by atoms with Crippen LogP contribution in [0.15, 0.2) is 23.2 Å². The molecule has 1 rings (SSSR count). The molecule has 1 aromatic heterocycles. The zero-order valence-corrected chi connectivity index (χ0v) is 13.9. The number of rotatable bonds is 8. The molecule has 6 nitrogen and oxygen atoms in total. The number of anilines is 1. The molecule has 0 atom stereocenters. The highest BCUT2D eigenvalue weighted by Crippen LogP contribution is 2.26. The average molecular weight is 315 g/mol. The number of aliphatic hydroxyl groups excluding tert-OH is 1. The van der Waals surface area contributed by atoms with Crippen LogP contribution in [0.3, 0.4) is 0 Å². The summed E-state index contributed by atoms with van der Waals surface area (Å²) < 4.78 is 25.0. The second kappa shape index (κ2) is 7.20. The molecule has 21 heavy (non-hydrogen) atoms. The number of nitrogens with one attached hydrogen (secondary N) is 1. The number of hydrogen-bond acceptors (Lipinski definition) is 5. The highest BCUT2D eigenvalue weighted by Gasteiger charge is 2.25. The van der Waals surface area contributed by atoms with E-state index in [1.165, 1.54) is 26.4 Å². The maximum Gasteiger partial charge on any atom is 0.244 e. The van der Waals surface area contributed by atoms with E-state index in [0.29, 0.717) is 12.4 Å². The lowest BCUT2D eigenvalue weighted by molar-refractivity contribution is 0.127. The van der Waals surface area contributed by atoms with Crippen molar-refractivity contribution in [2.45, 2.75) is 31.6 Å². The molecule has 0 spiro atoms. The van der Waals surface area contributed by atoms with Crippen LogP contribution in [0, 0.1) is 5.41 Å². The summed E-state index contributed by atoms with van der Waals surface area (Å²) >= 11 is 0. The Kier molecular flexibility index (Phi) is 6.12. The molecule has 1 aromatic rings. The molecule has 0 aliphatic carbocycles. The minimum absolute atomic E-state index is 0.111. The summed E-state index contributed by atoms with van der Waals surface area (Å²) in [7, 11) is -0.477. The monoisotopic (exact) mass is 315 g/mol. The van der Waals surface area contributed by atoms with Gasteiger partial charge in [-0.15, -0.1) is 0 Å². The van der Waals surface area contributed by atoms with Crippen molar-refractivity contribution in [3.8, 4) is 0 Å². The van der Waals surface area contributed by atoms with Gasteiger partial charge in [-0.1, -0.05) is 13.8 Å². The van der Waals surface area contributed by atoms with Gasteiger partial charge in [0.2, 0.25) is 10.0 Å². The first-order valence-electron chi connectivity index (χ1n) is 7.04. The van der Waals surface area contributed by atoms with E-state index in [4.69, 9.17) is 0 Å². The Labute approximate surface area is 127 Å². The molecule has 1 heterocycles. The molecule has 0 aliphatic heterocycles. The first-order chi connectivity index (χ1) is 9.81. The summed E-state index contributed by atoms with van der Waals surface area (Å²) in [5.74, 6) is 0.604. The van der Waals surface area contributed by atoms with Gasteiger partial charge in [-0.25, -0.2) is 17.7 Å².